The summed E-state index contributed by atoms with van der Waals surface area (Å²) in [6, 6.07) is 5.82. The van der Waals surface area contributed by atoms with Crippen molar-refractivity contribution >= 4 is 10.0 Å². The van der Waals surface area contributed by atoms with Crippen LogP contribution in [0.4, 0.5) is 4.39 Å². The molecule has 0 N–H and O–H groups in total. The van der Waals surface area contributed by atoms with E-state index in [1.165, 1.54) is 12.1 Å². The Balaban J connectivity index is 2.02. The molecule has 0 bridgehead atoms. The lowest BCUT2D eigenvalue weighted by molar-refractivity contribution is 0.154. The van der Waals surface area contributed by atoms with Crippen LogP contribution in [0.2, 0.25) is 0 Å². The summed E-state index contributed by atoms with van der Waals surface area (Å²) in [6.45, 7) is 7.75. The minimum absolute atomic E-state index is 0.120. The molecule has 0 unspecified atom stereocenters. The normalized spacial score (nSPS) is 18.9. The maximum absolute atomic E-state index is 13.2. The van der Waals surface area contributed by atoms with Crippen LogP contribution in [0.25, 0.3) is 0 Å². The third-order valence-electron chi connectivity index (χ3n) is 4.31. The number of halogens is 1. The maximum atomic E-state index is 13.2. The smallest absolute Gasteiger partial charge is 0.212 e. The molecule has 5 heteroatoms. The second-order valence-electron chi connectivity index (χ2n) is 6.93. The van der Waals surface area contributed by atoms with Crippen LogP contribution in [0.1, 0.15) is 39.2 Å². The topological polar surface area (TPSA) is 37.4 Å². The van der Waals surface area contributed by atoms with Gasteiger partial charge in [0.05, 0.1) is 5.75 Å². The summed E-state index contributed by atoms with van der Waals surface area (Å²) in [5.74, 6) is 0.0394. The molecule has 0 aromatic heterocycles. The molecule has 1 heterocycles. The highest BCUT2D eigenvalue weighted by Crippen LogP contribution is 2.35. The van der Waals surface area contributed by atoms with Gasteiger partial charge in [0.25, 0.3) is 0 Å². The van der Waals surface area contributed by atoms with E-state index >= 15 is 0 Å². The van der Waals surface area contributed by atoms with E-state index in [0.29, 0.717) is 24.6 Å². The summed E-state index contributed by atoms with van der Waals surface area (Å²) >= 11 is 0. The first-order valence-corrected chi connectivity index (χ1v) is 9.02. The van der Waals surface area contributed by atoms with Crippen molar-refractivity contribution in [2.24, 2.45) is 11.3 Å². The van der Waals surface area contributed by atoms with Crippen molar-refractivity contribution in [2.45, 2.75) is 39.4 Å². The van der Waals surface area contributed by atoms with E-state index < -0.39 is 15.8 Å². The van der Waals surface area contributed by atoms with Gasteiger partial charge in [-0.2, -0.15) is 0 Å². The minimum atomic E-state index is -3.36. The van der Waals surface area contributed by atoms with Gasteiger partial charge in [-0.1, -0.05) is 32.9 Å². The zero-order valence-corrected chi connectivity index (χ0v) is 13.8. The molecule has 0 radical (unpaired) electrons. The van der Waals surface area contributed by atoms with E-state index in [9.17, 15) is 12.8 Å². The van der Waals surface area contributed by atoms with E-state index in [1.54, 1.807) is 16.4 Å². The van der Waals surface area contributed by atoms with E-state index in [4.69, 9.17) is 0 Å². The second-order valence-corrected chi connectivity index (χ2v) is 8.89. The first-order chi connectivity index (χ1) is 9.68. The zero-order chi connectivity index (χ0) is 15.7. The van der Waals surface area contributed by atoms with Crippen molar-refractivity contribution in [2.75, 3.05) is 13.1 Å². The molecule has 1 aliphatic heterocycles. The lowest BCUT2D eigenvalue weighted by atomic mass is 9.76. The number of nitrogens with zero attached hydrogens (tertiary/aromatic N) is 1. The van der Waals surface area contributed by atoms with E-state index in [2.05, 4.69) is 20.8 Å². The number of sulfonamides is 1. The fraction of sp³-hybridized carbons (Fsp3) is 0.625. The fourth-order valence-electron chi connectivity index (χ4n) is 2.93. The lowest BCUT2D eigenvalue weighted by Gasteiger charge is -2.38. The summed E-state index contributed by atoms with van der Waals surface area (Å²) in [6.07, 6.45) is 1.79. The Morgan fingerprint density at radius 2 is 1.86 bits per heavy atom. The van der Waals surface area contributed by atoms with Crippen LogP contribution >= 0.6 is 0 Å². The summed E-state index contributed by atoms with van der Waals surface area (Å²) in [5.41, 5.74) is 0.728. The van der Waals surface area contributed by atoms with Gasteiger partial charge in [-0.15, -0.1) is 0 Å². The van der Waals surface area contributed by atoms with Crippen LogP contribution in [-0.4, -0.2) is 25.8 Å². The molecule has 2 rings (SSSR count). The number of rotatable bonds is 3. The van der Waals surface area contributed by atoms with Crippen LogP contribution in [0.15, 0.2) is 24.3 Å². The highest BCUT2D eigenvalue weighted by Gasteiger charge is 2.33. The van der Waals surface area contributed by atoms with Crippen LogP contribution in [0.5, 0.6) is 0 Å². The van der Waals surface area contributed by atoms with Gasteiger partial charge in [0.1, 0.15) is 5.82 Å². The van der Waals surface area contributed by atoms with Crippen molar-refractivity contribution in [1.82, 2.24) is 4.31 Å². The SMILES string of the molecule is CC(C)(C)C1CCN(S(=O)(=O)Cc2cccc(F)c2)CC1. The Hall–Kier alpha value is -0.940. The summed E-state index contributed by atoms with van der Waals surface area (Å²) in [7, 11) is -3.36. The van der Waals surface area contributed by atoms with Crippen molar-refractivity contribution in [3.8, 4) is 0 Å². The lowest BCUT2D eigenvalue weighted by Crippen LogP contribution is -2.41. The summed E-state index contributed by atoms with van der Waals surface area (Å²) in [4.78, 5) is 0. The molecule has 1 aliphatic rings. The maximum Gasteiger partial charge on any atom is 0.218 e. The molecule has 1 aromatic carbocycles. The van der Waals surface area contributed by atoms with Gasteiger partial charge in [-0.3, -0.25) is 0 Å². The monoisotopic (exact) mass is 313 g/mol. The molecule has 0 spiro atoms. The molecule has 0 aliphatic carbocycles. The highest BCUT2D eigenvalue weighted by atomic mass is 32.2. The van der Waals surface area contributed by atoms with Gasteiger partial charge in [-0.25, -0.2) is 17.1 Å². The Bertz CT molecular complexity index is 585. The van der Waals surface area contributed by atoms with Crippen molar-refractivity contribution in [1.29, 1.82) is 0 Å². The number of hydrogen-bond acceptors (Lipinski definition) is 2. The van der Waals surface area contributed by atoms with Gasteiger partial charge in [-0.05, 0) is 41.9 Å². The Morgan fingerprint density at radius 3 is 2.38 bits per heavy atom. The standard InChI is InChI=1S/C16H24FNO2S/c1-16(2,3)14-7-9-18(10-8-14)21(19,20)12-13-5-4-6-15(17)11-13/h4-6,11,14H,7-10,12H2,1-3H3. The minimum Gasteiger partial charge on any atom is -0.212 e. The van der Waals surface area contributed by atoms with Crippen LogP contribution in [0, 0.1) is 17.2 Å². The summed E-state index contributed by atoms with van der Waals surface area (Å²) in [5, 5.41) is 0. The molecular formula is C16H24FNO2S. The summed E-state index contributed by atoms with van der Waals surface area (Å²) < 4.78 is 39.6. The molecule has 0 amide bonds. The molecular weight excluding hydrogens is 289 g/mol. The predicted octanol–water partition coefficient (Wildman–Crippen LogP) is 3.41. The zero-order valence-electron chi connectivity index (χ0n) is 13.0. The molecule has 118 valence electrons. The number of piperidine rings is 1. The first kappa shape index (κ1) is 16.4. The molecule has 1 saturated heterocycles. The third kappa shape index (κ3) is 4.27. The molecule has 0 saturated carbocycles. The molecule has 21 heavy (non-hydrogen) atoms. The molecule has 1 fully saturated rings. The Labute approximate surface area is 127 Å². The van der Waals surface area contributed by atoms with Crippen molar-refractivity contribution in [3.63, 3.8) is 0 Å². The van der Waals surface area contributed by atoms with Crippen molar-refractivity contribution in [3.05, 3.63) is 35.6 Å². The van der Waals surface area contributed by atoms with Crippen molar-refractivity contribution < 1.29 is 12.8 Å². The fourth-order valence-corrected chi connectivity index (χ4v) is 4.48. The van der Waals surface area contributed by atoms with Gasteiger partial charge >= 0.3 is 0 Å². The highest BCUT2D eigenvalue weighted by molar-refractivity contribution is 7.88. The largest absolute Gasteiger partial charge is 0.218 e. The van der Waals surface area contributed by atoms with Gasteiger partial charge < -0.3 is 0 Å². The van der Waals surface area contributed by atoms with Crippen LogP contribution in [-0.2, 0) is 15.8 Å². The van der Waals surface area contributed by atoms with E-state index in [-0.39, 0.29) is 11.2 Å². The van der Waals surface area contributed by atoms with Gasteiger partial charge in [0, 0.05) is 13.1 Å². The Morgan fingerprint density at radius 1 is 1.24 bits per heavy atom. The van der Waals surface area contributed by atoms with E-state index in [1.807, 2.05) is 0 Å². The molecule has 3 nitrogen and oxygen atoms in total. The number of benzene rings is 1. The average Bonchev–Trinajstić information content (AvgIpc) is 2.37. The van der Waals surface area contributed by atoms with Gasteiger partial charge in [0.2, 0.25) is 10.0 Å². The van der Waals surface area contributed by atoms with Crippen LogP contribution < -0.4 is 0 Å². The predicted molar refractivity (Wildman–Crippen MR) is 82.8 cm³/mol. The van der Waals surface area contributed by atoms with E-state index in [0.717, 1.165) is 12.8 Å². The van der Waals surface area contributed by atoms with Gasteiger partial charge in [0.15, 0.2) is 0 Å². The van der Waals surface area contributed by atoms with Crippen LogP contribution in [0.3, 0.4) is 0 Å². The molecule has 1 aromatic rings. The third-order valence-corrected chi connectivity index (χ3v) is 6.16. The Kier molecular flexibility index (Phi) is 4.73. The second kappa shape index (κ2) is 6.05. The first-order valence-electron chi connectivity index (χ1n) is 7.41. The molecule has 0 atom stereocenters. The quantitative estimate of drug-likeness (QED) is 0.857. The average molecular weight is 313 g/mol. The number of hydrogen-bond donors (Lipinski definition) is 0.